The van der Waals surface area contributed by atoms with E-state index in [1.807, 2.05) is 6.07 Å². The zero-order valence-corrected chi connectivity index (χ0v) is 13.7. The first kappa shape index (κ1) is 14.2. The van der Waals surface area contributed by atoms with Crippen molar-refractivity contribution in [3.63, 3.8) is 0 Å². The Morgan fingerprint density at radius 1 is 1.26 bits per heavy atom. The first-order valence-electron chi connectivity index (χ1n) is 6.19. The summed E-state index contributed by atoms with van der Waals surface area (Å²) in [6.07, 6.45) is 1.60. The Labute approximate surface area is 126 Å². The molecule has 2 aromatic rings. The third kappa shape index (κ3) is 2.45. The van der Waals surface area contributed by atoms with E-state index in [1.165, 1.54) is 16.7 Å². The van der Waals surface area contributed by atoms with Crippen molar-refractivity contribution < 1.29 is 9.53 Å². The number of hydrogen-bond acceptors (Lipinski definition) is 3. The minimum absolute atomic E-state index is 0.316. The molecule has 0 N–H and O–H groups in total. The Morgan fingerprint density at radius 2 is 1.95 bits per heavy atom. The molecule has 0 aliphatic rings. The lowest BCUT2D eigenvalue weighted by Gasteiger charge is -2.12. The fourth-order valence-electron chi connectivity index (χ4n) is 2.08. The van der Waals surface area contributed by atoms with Crippen LogP contribution in [0.3, 0.4) is 0 Å². The van der Waals surface area contributed by atoms with Crippen LogP contribution in [-0.4, -0.2) is 17.6 Å². The molecule has 0 fully saturated rings. The molecule has 0 aliphatic heterocycles. The normalized spacial score (nSPS) is 10.8. The highest BCUT2D eigenvalue weighted by molar-refractivity contribution is 14.1. The Morgan fingerprint density at radius 3 is 2.58 bits per heavy atom. The number of carbonyl (C=O) groups excluding carboxylic acids is 1. The second-order valence-electron chi connectivity index (χ2n) is 4.53. The quantitative estimate of drug-likeness (QED) is 0.595. The van der Waals surface area contributed by atoms with Gasteiger partial charge in [-0.3, -0.25) is 4.98 Å². The van der Waals surface area contributed by atoms with Crippen molar-refractivity contribution >= 4 is 39.5 Å². The summed E-state index contributed by atoms with van der Waals surface area (Å²) in [6, 6.07) is 1.88. The molecule has 0 saturated carbocycles. The first-order valence-corrected chi connectivity index (χ1v) is 7.27. The van der Waals surface area contributed by atoms with Gasteiger partial charge in [0.05, 0.1) is 17.7 Å². The highest BCUT2D eigenvalue weighted by Gasteiger charge is 2.14. The Hall–Kier alpha value is -1.17. The van der Waals surface area contributed by atoms with Gasteiger partial charge in [0, 0.05) is 15.2 Å². The van der Waals surface area contributed by atoms with Crippen LogP contribution in [0, 0.1) is 24.3 Å². The third-order valence-corrected chi connectivity index (χ3v) is 4.83. The molecule has 100 valence electrons. The van der Waals surface area contributed by atoms with Gasteiger partial charge in [0.25, 0.3) is 0 Å². The number of benzene rings is 1. The molecule has 0 bridgehead atoms. The van der Waals surface area contributed by atoms with Crippen molar-refractivity contribution in [2.75, 3.05) is 6.61 Å². The molecule has 19 heavy (non-hydrogen) atoms. The maximum atomic E-state index is 11.8. The van der Waals surface area contributed by atoms with E-state index < -0.39 is 0 Å². The number of halogens is 1. The van der Waals surface area contributed by atoms with Gasteiger partial charge in [-0.05, 0) is 73.0 Å². The third-order valence-electron chi connectivity index (χ3n) is 3.44. The van der Waals surface area contributed by atoms with Gasteiger partial charge in [-0.1, -0.05) is 0 Å². The van der Waals surface area contributed by atoms with E-state index in [1.54, 1.807) is 13.1 Å². The van der Waals surface area contributed by atoms with E-state index in [2.05, 4.69) is 48.3 Å². The number of pyridine rings is 1. The summed E-state index contributed by atoms with van der Waals surface area (Å²) in [4.78, 5) is 16.2. The lowest BCUT2D eigenvalue weighted by atomic mass is 9.99. The topological polar surface area (TPSA) is 39.2 Å². The molecule has 0 amide bonds. The van der Waals surface area contributed by atoms with Crippen molar-refractivity contribution in [2.24, 2.45) is 0 Å². The maximum absolute atomic E-state index is 11.8. The first-order chi connectivity index (χ1) is 8.97. The fourth-order valence-corrected chi connectivity index (χ4v) is 2.90. The average Bonchev–Trinajstić information content (AvgIpc) is 2.42. The van der Waals surface area contributed by atoms with Gasteiger partial charge in [0.1, 0.15) is 0 Å². The SMILES string of the molecule is CCOC(=O)c1cnc2c(C)c(C)c(C)c(I)c2c1. The predicted molar refractivity (Wildman–Crippen MR) is 84.6 cm³/mol. The molecule has 1 aromatic heterocycles. The molecule has 0 unspecified atom stereocenters. The van der Waals surface area contributed by atoms with Crippen molar-refractivity contribution in [2.45, 2.75) is 27.7 Å². The van der Waals surface area contributed by atoms with Crippen LogP contribution < -0.4 is 0 Å². The second kappa shape index (κ2) is 5.45. The van der Waals surface area contributed by atoms with Gasteiger partial charge >= 0.3 is 5.97 Å². The zero-order chi connectivity index (χ0) is 14.2. The molecule has 4 heteroatoms. The maximum Gasteiger partial charge on any atom is 0.339 e. The lowest BCUT2D eigenvalue weighted by Crippen LogP contribution is -2.06. The van der Waals surface area contributed by atoms with Gasteiger partial charge in [-0.15, -0.1) is 0 Å². The second-order valence-corrected chi connectivity index (χ2v) is 5.61. The van der Waals surface area contributed by atoms with Crippen LogP contribution in [0.25, 0.3) is 10.9 Å². The molecule has 1 heterocycles. The van der Waals surface area contributed by atoms with Crippen molar-refractivity contribution in [3.05, 3.63) is 38.1 Å². The summed E-state index contributed by atoms with van der Waals surface area (Å²) < 4.78 is 6.17. The van der Waals surface area contributed by atoms with Crippen molar-refractivity contribution in [1.29, 1.82) is 0 Å². The predicted octanol–water partition coefficient (Wildman–Crippen LogP) is 3.94. The molecule has 0 saturated heterocycles. The Balaban J connectivity index is 2.70. The summed E-state index contributed by atoms with van der Waals surface area (Å²) >= 11 is 2.31. The Kier molecular flexibility index (Phi) is 4.08. The summed E-state index contributed by atoms with van der Waals surface area (Å²) in [5.41, 5.74) is 5.14. The molecule has 0 aliphatic carbocycles. The number of aryl methyl sites for hydroxylation is 1. The molecule has 3 nitrogen and oxygen atoms in total. The van der Waals surface area contributed by atoms with Crippen LogP contribution in [0.5, 0.6) is 0 Å². The van der Waals surface area contributed by atoms with Crippen LogP contribution >= 0.6 is 22.6 Å². The molecule has 0 atom stereocenters. The number of esters is 1. The monoisotopic (exact) mass is 369 g/mol. The molecule has 2 rings (SSSR count). The van der Waals surface area contributed by atoms with E-state index in [0.717, 1.165) is 14.5 Å². The molecular weight excluding hydrogens is 353 g/mol. The fraction of sp³-hybridized carbons (Fsp3) is 0.333. The van der Waals surface area contributed by atoms with Crippen molar-refractivity contribution in [1.82, 2.24) is 4.98 Å². The highest BCUT2D eigenvalue weighted by atomic mass is 127. The summed E-state index contributed by atoms with van der Waals surface area (Å²) in [5, 5.41) is 1.02. The number of hydrogen-bond donors (Lipinski definition) is 0. The molecular formula is C15H16INO2. The number of ether oxygens (including phenoxy) is 1. The van der Waals surface area contributed by atoms with E-state index in [-0.39, 0.29) is 5.97 Å². The van der Waals surface area contributed by atoms with Gasteiger partial charge in [0.2, 0.25) is 0 Å². The summed E-state index contributed by atoms with van der Waals surface area (Å²) in [5.74, 6) is -0.316. The Bertz CT molecular complexity index is 665. The summed E-state index contributed by atoms with van der Waals surface area (Å²) in [6.45, 7) is 8.44. The highest BCUT2D eigenvalue weighted by Crippen LogP contribution is 2.29. The van der Waals surface area contributed by atoms with Crippen LogP contribution in [0.1, 0.15) is 34.0 Å². The van der Waals surface area contributed by atoms with Crippen LogP contribution in [0.15, 0.2) is 12.3 Å². The average molecular weight is 369 g/mol. The van der Waals surface area contributed by atoms with Gasteiger partial charge in [0.15, 0.2) is 0 Å². The summed E-state index contributed by atoms with van der Waals surface area (Å²) in [7, 11) is 0. The van der Waals surface area contributed by atoms with Crippen LogP contribution in [-0.2, 0) is 4.74 Å². The minimum Gasteiger partial charge on any atom is -0.462 e. The molecule has 1 aromatic carbocycles. The lowest BCUT2D eigenvalue weighted by molar-refractivity contribution is 0.0526. The number of nitrogens with zero attached hydrogens (tertiary/aromatic N) is 1. The minimum atomic E-state index is -0.316. The number of fused-ring (bicyclic) bond motifs is 1. The van der Waals surface area contributed by atoms with E-state index in [4.69, 9.17) is 4.74 Å². The molecule has 0 spiro atoms. The van der Waals surface area contributed by atoms with E-state index in [0.29, 0.717) is 12.2 Å². The number of carbonyl (C=O) groups is 1. The smallest absolute Gasteiger partial charge is 0.339 e. The largest absolute Gasteiger partial charge is 0.462 e. The zero-order valence-electron chi connectivity index (χ0n) is 11.5. The number of aromatic nitrogens is 1. The van der Waals surface area contributed by atoms with Gasteiger partial charge in [-0.2, -0.15) is 0 Å². The van der Waals surface area contributed by atoms with Crippen molar-refractivity contribution in [3.8, 4) is 0 Å². The number of rotatable bonds is 2. The van der Waals surface area contributed by atoms with Crippen LogP contribution in [0.4, 0.5) is 0 Å². The van der Waals surface area contributed by atoms with E-state index in [9.17, 15) is 4.79 Å². The van der Waals surface area contributed by atoms with Gasteiger partial charge in [-0.25, -0.2) is 4.79 Å². The van der Waals surface area contributed by atoms with E-state index >= 15 is 0 Å². The van der Waals surface area contributed by atoms with Crippen LogP contribution in [0.2, 0.25) is 0 Å². The standard InChI is InChI=1S/C15H16INO2/c1-5-19-15(18)11-6-12-13(16)9(3)8(2)10(4)14(12)17-7-11/h6-7H,5H2,1-4H3. The van der Waals surface area contributed by atoms with Gasteiger partial charge < -0.3 is 4.74 Å². The molecule has 0 radical (unpaired) electrons.